The second-order valence-corrected chi connectivity index (χ2v) is 4.57. The topological polar surface area (TPSA) is 80.6 Å². The van der Waals surface area contributed by atoms with Crippen LogP contribution < -0.4 is 11.1 Å². The van der Waals surface area contributed by atoms with Gasteiger partial charge in [-0.25, -0.2) is 9.50 Å². The van der Waals surface area contributed by atoms with E-state index in [0.29, 0.717) is 23.2 Å². The Morgan fingerprint density at radius 1 is 1.53 bits per heavy atom. The van der Waals surface area contributed by atoms with Gasteiger partial charge in [-0.15, -0.1) is 0 Å². The van der Waals surface area contributed by atoms with Crippen molar-refractivity contribution < 1.29 is 0 Å². The van der Waals surface area contributed by atoms with Crippen molar-refractivity contribution in [1.82, 2.24) is 19.9 Å². The van der Waals surface area contributed by atoms with Crippen molar-refractivity contribution in [3.8, 4) is 0 Å². The molecular formula is C12H17ClN6. The van der Waals surface area contributed by atoms with E-state index < -0.39 is 0 Å². The lowest BCUT2D eigenvalue weighted by Gasteiger charge is -2.05. The summed E-state index contributed by atoms with van der Waals surface area (Å²) < 4.78 is 1.67. The zero-order chi connectivity index (χ0) is 13.7. The molecule has 0 atom stereocenters. The minimum Gasteiger partial charge on any atom is -0.370 e. The van der Waals surface area contributed by atoms with Crippen molar-refractivity contribution in [2.24, 2.45) is 10.7 Å². The standard InChI is InChI=1S/C12H17ClN6/c1-2-4-15-12(14)16-5-3-9-6-17-11-10(13)7-18-19(11)8-9/h6-8H,2-5H2,1H3,(H3,14,15,16). The second kappa shape index (κ2) is 6.38. The first-order valence-electron chi connectivity index (χ1n) is 6.22. The molecule has 102 valence electrons. The molecule has 19 heavy (non-hydrogen) atoms. The number of aliphatic imine (C=N–C) groups is 1. The number of hydrogen-bond donors (Lipinski definition) is 2. The molecule has 3 N–H and O–H groups in total. The molecule has 0 unspecified atom stereocenters. The van der Waals surface area contributed by atoms with Gasteiger partial charge in [0.1, 0.15) is 5.02 Å². The third-order valence-electron chi connectivity index (χ3n) is 2.59. The third kappa shape index (κ3) is 3.57. The Kier molecular flexibility index (Phi) is 4.57. The van der Waals surface area contributed by atoms with Crippen molar-refractivity contribution >= 4 is 23.2 Å². The molecule has 0 saturated heterocycles. The number of fused-ring (bicyclic) bond motifs is 1. The summed E-state index contributed by atoms with van der Waals surface area (Å²) in [4.78, 5) is 8.43. The highest BCUT2D eigenvalue weighted by Gasteiger charge is 2.03. The van der Waals surface area contributed by atoms with Crippen LogP contribution in [0.15, 0.2) is 23.6 Å². The highest BCUT2D eigenvalue weighted by molar-refractivity contribution is 6.33. The van der Waals surface area contributed by atoms with Crippen LogP contribution in [0.3, 0.4) is 0 Å². The predicted octanol–water partition coefficient (Wildman–Crippen LogP) is 1.24. The molecule has 0 bridgehead atoms. The van der Waals surface area contributed by atoms with E-state index in [9.17, 15) is 0 Å². The van der Waals surface area contributed by atoms with Crippen molar-refractivity contribution in [3.05, 3.63) is 29.2 Å². The van der Waals surface area contributed by atoms with E-state index >= 15 is 0 Å². The molecule has 2 aromatic rings. The fourth-order valence-corrected chi connectivity index (χ4v) is 1.82. The van der Waals surface area contributed by atoms with Gasteiger partial charge in [-0.05, 0) is 18.4 Å². The fourth-order valence-electron chi connectivity index (χ4n) is 1.64. The van der Waals surface area contributed by atoms with Gasteiger partial charge in [-0.3, -0.25) is 4.99 Å². The maximum absolute atomic E-state index is 5.93. The van der Waals surface area contributed by atoms with Crippen LogP contribution in [0.1, 0.15) is 18.9 Å². The molecule has 0 aromatic carbocycles. The Hall–Kier alpha value is -1.82. The Balaban J connectivity index is 1.91. The van der Waals surface area contributed by atoms with Crippen LogP contribution in [0.2, 0.25) is 5.02 Å². The van der Waals surface area contributed by atoms with Crippen LogP contribution in [-0.4, -0.2) is 33.6 Å². The molecule has 0 aliphatic heterocycles. The summed E-state index contributed by atoms with van der Waals surface area (Å²) in [7, 11) is 0. The molecule has 0 amide bonds. The molecule has 0 spiro atoms. The first-order chi connectivity index (χ1) is 9.20. The Morgan fingerprint density at radius 2 is 2.37 bits per heavy atom. The Labute approximate surface area is 116 Å². The van der Waals surface area contributed by atoms with Crippen molar-refractivity contribution in [3.63, 3.8) is 0 Å². The van der Waals surface area contributed by atoms with E-state index in [1.54, 1.807) is 16.9 Å². The molecule has 0 aliphatic carbocycles. The van der Waals surface area contributed by atoms with Crippen molar-refractivity contribution in [2.45, 2.75) is 19.8 Å². The minimum absolute atomic E-state index is 0.484. The SMILES string of the molecule is CCCN=C(N)NCCc1cnc2c(Cl)cnn2c1. The van der Waals surface area contributed by atoms with Crippen LogP contribution >= 0.6 is 11.6 Å². The van der Waals surface area contributed by atoms with E-state index in [1.807, 2.05) is 6.20 Å². The van der Waals surface area contributed by atoms with Crippen LogP contribution in [-0.2, 0) is 6.42 Å². The number of nitrogens with one attached hydrogen (secondary N) is 1. The van der Waals surface area contributed by atoms with E-state index in [4.69, 9.17) is 17.3 Å². The lowest BCUT2D eigenvalue weighted by molar-refractivity contribution is 0.821. The summed E-state index contributed by atoms with van der Waals surface area (Å²) in [6, 6.07) is 0. The monoisotopic (exact) mass is 280 g/mol. The predicted molar refractivity (Wildman–Crippen MR) is 76.5 cm³/mol. The molecule has 7 heteroatoms. The smallest absolute Gasteiger partial charge is 0.188 e. The number of nitrogens with zero attached hydrogens (tertiary/aromatic N) is 4. The molecule has 2 heterocycles. The van der Waals surface area contributed by atoms with Gasteiger partial charge in [-0.2, -0.15) is 5.10 Å². The summed E-state index contributed by atoms with van der Waals surface area (Å²) >= 11 is 5.93. The summed E-state index contributed by atoms with van der Waals surface area (Å²) in [5.74, 6) is 0.484. The largest absolute Gasteiger partial charge is 0.370 e. The van der Waals surface area contributed by atoms with Gasteiger partial charge in [0.05, 0.1) is 6.20 Å². The highest BCUT2D eigenvalue weighted by atomic mass is 35.5. The van der Waals surface area contributed by atoms with Gasteiger partial charge in [0.15, 0.2) is 11.6 Å². The Bertz CT molecular complexity index is 577. The Morgan fingerprint density at radius 3 is 3.16 bits per heavy atom. The zero-order valence-electron chi connectivity index (χ0n) is 10.8. The molecule has 2 rings (SSSR count). The van der Waals surface area contributed by atoms with Crippen molar-refractivity contribution in [1.29, 1.82) is 0 Å². The maximum atomic E-state index is 5.93. The average molecular weight is 281 g/mol. The minimum atomic E-state index is 0.484. The second-order valence-electron chi connectivity index (χ2n) is 4.17. The van der Waals surface area contributed by atoms with Crippen LogP contribution in [0.4, 0.5) is 0 Å². The van der Waals surface area contributed by atoms with E-state index in [-0.39, 0.29) is 0 Å². The van der Waals surface area contributed by atoms with Gasteiger partial charge >= 0.3 is 0 Å². The molecule has 0 fully saturated rings. The van der Waals surface area contributed by atoms with Gasteiger partial charge in [0.2, 0.25) is 0 Å². The lowest BCUT2D eigenvalue weighted by atomic mass is 10.2. The number of hydrogen-bond acceptors (Lipinski definition) is 3. The molecule has 0 radical (unpaired) electrons. The first kappa shape index (κ1) is 13.6. The number of halogens is 1. The van der Waals surface area contributed by atoms with Crippen molar-refractivity contribution in [2.75, 3.05) is 13.1 Å². The van der Waals surface area contributed by atoms with E-state index in [1.165, 1.54) is 0 Å². The molecule has 0 aliphatic rings. The fraction of sp³-hybridized carbons (Fsp3) is 0.417. The number of guanidine groups is 1. The lowest BCUT2D eigenvalue weighted by Crippen LogP contribution is -2.33. The van der Waals surface area contributed by atoms with Gasteiger partial charge in [-0.1, -0.05) is 18.5 Å². The summed E-state index contributed by atoms with van der Waals surface area (Å²) in [6.07, 6.45) is 7.08. The maximum Gasteiger partial charge on any atom is 0.188 e. The normalized spacial score (nSPS) is 12.0. The van der Waals surface area contributed by atoms with Crippen LogP contribution in [0, 0.1) is 0 Å². The molecular weight excluding hydrogens is 264 g/mol. The van der Waals surface area contributed by atoms with Gasteiger partial charge in [0.25, 0.3) is 0 Å². The quantitative estimate of drug-likeness (QED) is 0.638. The molecule has 2 aromatic heterocycles. The van der Waals surface area contributed by atoms with E-state index in [0.717, 1.165) is 24.9 Å². The zero-order valence-corrected chi connectivity index (χ0v) is 11.6. The summed E-state index contributed by atoms with van der Waals surface area (Å²) in [5.41, 5.74) is 7.43. The van der Waals surface area contributed by atoms with Gasteiger partial charge < -0.3 is 11.1 Å². The number of rotatable bonds is 5. The molecule has 0 saturated carbocycles. The average Bonchev–Trinajstić information content (AvgIpc) is 2.78. The van der Waals surface area contributed by atoms with Crippen LogP contribution in [0.5, 0.6) is 0 Å². The van der Waals surface area contributed by atoms with E-state index in [2.05, 4.69) is 27.3 Å². The summed E-state index contributed by atoms with van der Waals surface area (Å²) in [6.45, 7) is 3.52. The molecule has 6 nitrogen and oxygen atoms in total. The highest BCUT2D eigenvalue weighted by Crippen LogP contribution is 2.13. The third-order valence-corrected chi connectivity index (χ3v) is 2.86. The number of nitrogens with two attached hydrogens (primary N) is 1. The summed E-state index contributed by atoms with van der Waals surface area (Å²) in [5, 5.41) is 7.74. The van der Waals surface area contributed by atoms with Crippen LogP contribution in [0.25, 0.3) is 5.65 Å². The van der Waals surface area contributed by atoms with Gasteiger partial charge in [0, 0.05) is 25.5 Å². The number of aromatic nitrogens is 3. The first-order valence-corrected chi connectivity index (χ1v) is 6.60.